The summed E-state index contributed by atoms with van der Waals surface area (Å²) in [6, 6.07) is 3.63. The number of nitrogens with two attached hydrogens (primary N) is 1. The van der Waals surface area contributed by atoms with E-state index in [0.717, 1.165) is 30.4 Å². The Morgan fingerprint density at radius 3 is 2.64 bits per heavy atom. The van der Waals surface area contributed by atoms with Crippen molar-refractivity contribution >= 4 is 0 Å². The molecule has 0 atom stereocenters. The summed E-state index contributed by atoms with van der Waals surface area (Å²) in [6.45, 7) is 0.433. The Bertz CT molecular complexity index is 336. The van der Waals surface area contributed by atoms with Gasteiger partial charge in [0.1, 0.15) is 5.75 Å². The van der Waals surface area contributed by atoms with Crippen LogP contribution in [0.3, 0.4) is 0 Å². The van der Waals surface area contributed by atoms with Crippen LogP contribution in [0.4, 0.5) is 0 Å². The normalized spacial score (nSPS) is 15.2. The zero-order valence-corrected chi connectivity index (χ0v) is 8.12. The molecule has 0 amide bonds. The highest BCUT2D eigenvalue weighted by molar-refractivity contribution is 5.45. The molecular weight excluding hydrogens is 178 g/mol. The molecule has 0 fully saturated rings. The molecule has 0 saturated heterocycles. The Balaban J connectivity index is 2.42. The molecule has 1 aliphatic carbocycles. The molecule has 0 aliphatic heterocycles. The molecule has 0 heterocycles. The molecule has 0 bridgehead atoms. The van der Waals surface area contributed by atoms with E-state index in [0.29, 0.717) is 12.4 Å². The molecule has 3 N–H and O–H groups in total. The van der Waals surface area contributed by atoms with Crippen LogP contribution < -0.4 is 5.90 Å². The number of phenols is 1. The predicted octanol–water partition coefficient (Wildman–Crippen LogP) is 1.66. The molecular formula is C11H15NO2. The van der Waals surface area contributed by atoms with Crippen molar-refractivity contribution in [1.29, 1.82) is 0 Å². The first-order valence-corrected chi connectivity index (χ1v) is 4.97. The van der Waals surface area contributed by atoms with Gasteiger partial charge in [0, 0.05) is 0 Å². The van der Waals surface area contributed by atoms with Crippen LogP contribution >= 0.6 is 0 Å². The average Bonchev–Trinajstić information content (AvgIpc) is 2.23. The van der Waals surface area contributed by atoms with Crippen molar-refractivity contribution in [2.75, 3.05) is 0 Å². The molecule has 0 aromatic heterocycles. The monoisotopic (exact) mass is 193 g/mol. The van der Waals surface area contributed by atoms with Crippen molar-refractivity contribution < 1.29 is 9.94 Å². The SMILES string of the molecule is NOCc1ccc(O)c2c1CCCC2. The summed E-state index contributed by atoms with van der Waals surface area (Å²) in [5, 5.41) is 9.68. The number of hydrogen-bond donors (Lipinski definition) is 2. The van der Waals surface area contributed by atoms with Gasteiger partial charge in [-0.1, -0.05) is 6.07 Å². The maximum Gasteiger partial charge on any atom is 0.119 e. The smallest absolute Gasteiger partial charge is 0.119 e. The standard InChI is InChI=1S/C11H15NO2/c12-14-7-8-5-6-11(13)10-4-2-1-3-9(8)10/h5-6,13H,1-4,7,12H2. The van der Waals surface area contributed by atoms with Crippen molar-refractivity contribution in [3.63, 3.8) is 0 Å². The first-order valence-electron chi connectivity index (χ1n) is 4.97. The Labute approximate surface area is 83.5 Å². The molecule has 3 heteroatoms. The van der Waals surface area contributed by atoms with Gasteiger partial charge in [-0.15, -0.1) is 0 Å². The van der Waals surface area contributed by atoms with E-state index in [9.17, 15) is 5.11 Å². The van der Waals surface area contributed by atoms with Gasteiger partial charge >= 0.3 is 0 Å². The van der Waals surface area contributed by atoms with Crippen molar-refractivity contribution in [2.45, 2.75) is 32.3 Å². The van der Waals surface area contributed by atoms with Crippen LogP contribution in [0.1, 0.15) is 29.5 Å². The third-order valence-corrected chi connectivity index (χ3v) is 2.85. The third-order valence-electron chi connectivity index (χ3n) is 2.85. The van der Waals surface area contributed by atoms with E-state index >= 15 is 0 Å². The van der Waals surface area contributed by atoms with E-state index in [2.05, 4.69) is 4.84 Å². The van der Waals surface area contributed by atoms with E-state index in [1.165, 1.54) is 12.0 Å². The summed E-state index contributed by atoms with van der Waals surface area (Å²) < 4.78 is 0. The average molecular weight is 193 g/mol. The minimum absolute atomic E-state index is 0.417. The van der Waals surface area contributed by atoms with Gasteiger partial charge in [-0.25, -0.2) is 5.90 Å². The first-order chi connectivity index (χ1) is 6.83. The lowest BCUT2D eigenvalue weighted by Crippen LogP contribution is -2.09. The largest absolute Gasteiger partial charge is 0.508 e. The molecule has 0 radical (unpaired) electrons. The van der Waals surface area contributed by atoms with E-state index in [1.54, 1.807) is 6.07 Å². The predicted molar refractivity (Wildman–Crippen MR) is 53.7 cm³/mol. The highest BCUT2D eigenvalue weighted by Crippen LogP contribution is 2.31. The molecule has 1 aromatic carbocycles. The zero-order chi connectivity index (χ0) is 9.97. The quantitative estimate of drug-likeness (QED) is 0.702. The van der Waals surface area contributed by atoms with Crippen LogP contribution in [0, 0.1) is 0 Å². The molecule has 0 unspecified atom stereocenters. The maximum atomic E-state index is 9.68. The van der Waals surface area contributed by atoms with Gasteiger partial charge in [0.25, 0.3) is 0 Å². The summed E-state index contributed by atoms with van der Waals surface area (Å²) in [7, 11) is 0. The van der Waals surface area contributed by atoms with Gasteiger partial charge in [0.15, 0.2) is 0 Å². The molecule has 76 valence electrons. The summed E-state index contributed by atoms with van der Waals surface area (Å²) >= 11 is 0. The van der Waals surface area contributed by atoms with E-state index in [1.807, 2.05) is 6.07 Å². The second kappa shape index (κ2) is 3.98. The van der Waals surface area contributed by atoms with Crippen molar-refractivity contribution in [2.24, 2.45) is 5.90 Å². The van der Waals surface area contributed by atoms with Crippen LogP contribution in [0.15, 0.2) is 12.1 Å². The van der Waals surface area contributed by atoms with Crippen molar-refractivity contribution in [3.05, 3.63) is 28.8 Å². The highest BCUT2D eigenvalue weighted by atomic mass is 16.6. The molecule has 14 heavy (non-hydrogen) atoms. The van der Waals surface area contributed by atoms with Crippen LogP contribution in [-0.4, -0.2) is 5.11 Å². The van der Waals surface area contributed by atoms with Crippen LogP contribution in [0.2, 0.25) is 0 Å². The van der Waals surface area contributed by atoms with E-state index in [-0.39, 0.29) is 0 Å². The topological polar surface area (TPSA) is 55.5 Å². The lowest BCUT2D eigenvalue weighted by molar-refractivity contribution is 0.123. The summed E-state index contributed by atoms with van der Waals surface area (Å²) in [5.74, 6) is 5.49. The highest BCUT2D eigenvalue weighted by Gasteiger charge is 2.16. The number of hydrogen-bond acceptors (Lipinski definition) is 3. The Hall–Kier alpha value is -1.06. The Morgan fingerprint density at radius 2 is 1.93 bits per heavy atom. The van der Waals surface area contributed by atoms with Gasteiger partial charge in [-0.05, 0) is 48.4 Å². The summed E-state index contributed by atoms with van der Waals surface area (Å²) in [6.07, 6.45) is 4.35. The molecule has 1 aliphatic rings. The van der Waals surface area contributed by atoms with Crippen LogP contribution in [-0.2, 0) is 24.3 Å². The number of phenolic OH excluding ortho intramolecular Hbond substituents is 1. The fourth-order valence-electron chi connectivity index (χ4n) is 2.15. The van der Waals surface area contributed by atoms with Gasteiger partial charge in [-0.3, -0.25) is 4.84 Å². The number of rotatable bonds is 2. The minimum atomic E-state index is 0.417. The molecule has 1 aromatic rings. The number of aromatic hydroxyl groups is 1. The fraction of sp³-hybridized carbons (Fsp3) is 0.455. The minimum Gasteiger partial charge on any atom is -0.508 e. The Morgan fingerprint density at radius 1 is 1.21 bits per heavy atom. The van der Waals surface area contributed by atoms with Gasteiger partial charge in [-0.2, -0.15) is 0 Å². The second-order valence-corrected chi connectivity index (χ2v) is 3.72. The van der Waals surface area contributed by atoms with Crippen molar-refractivity contribution in [1.82, 2.24) is 0 Å². The van der Waals surface area contributed by atoms with E-state index < -0.39 is 0 Å². The molecule has 0 spiro atoms. The van der Waals surface area contributed by atoms with Crippen molar-refractivity contribution in [3.8, 4) is 5.75 Å². The van der Waals surface area contributed by atoms with E-state index in [4.69, 9.17) is 5.90 Å². The van der Waals surface area contributed by atoms with Gasteiger partial charge in [0.05, 0.1) is 6.61 Å². The van der Waals surface area contributed by atoms with Crippen LogP contribution in [0.5, 0.6) is 5.75 Å². The molecule has 3 nitrogen and oxygen atoms in total. The Kier molecular flexibility index (Phi) is 2.70. The zero-order valence-electron chi connectivity index (χ0n) is 8.12. The number of fused-ring (bicyclic) bond motifs is 1. The summed E-state index contributed by atoms with van der Waals surface area (Å²) in [4.78, 5) is 4.65. The second-order valence-electron chi connectivity index (χ2n) is 3.72. The van der Waals surface area contributed by atoms with Gasteiger partial charge < -0.3 is 5.11 Å². The first kappa shape index (κ1) is 9.49. The maximum absolute atomic E-state index is 9.68. The summed E-state index contributed by atoms with van der Waals surface area (Å²) in [5.41, 5.74) is 3.44. The lowest BCUT2D eigenvalue weighted by Gasteiger charge is -2.19. The molecule has 2 rings (SSSR count). The van der Waals surface area contributed by atoms with Gasteiger partial charge in [0.2, 0.25) is 0 Å². The number of benzene rings is 1. The van der Waals surface area contributed by atoms with Crippen LogP contribution in [0.25, 0.3) is 0 Å². The lowest BCUT2D eigenvalue weighted by atomic mass is 9.88. The third kappa shape index (κ3) is 1.61. The molecule has 0 saturated carbocycles. The fourth-order valence-corrected chi connectivity index (χ4v) is 2.15.